The Hall–Kier alpha value is -1.32. The van der Waals surface area contributed by atoms with Gasteiger partial charge in [0.25, 0.3) is 0 Å². The van der Waals surface area contributed by atoms with Crippen LogP contribution >= 0.6 is 11.6 Å². The molecular formula is C15H20ClN3. The van der Waals surface area contributed by atoms with Crippen LogP contribution in [-0.4, -0.2) is 9.55 Å². The molecule has 102 valence electrons. The van der Waals surface area contributed by atoms with E-state index in [1.54, 1.807) is 0 Å². The second-order valence-corrected chi connectivity index (χ2v) is 5.26. The Morgan fingerprint density at radius 1 is 1.42 bits per heavy atom. The van der Waals surface area contributed by atoms with Gasteiger partial charge in [-0.15, -0.1) is 0 Å². The van der Waals surface area contributed by atoms with Crippen molar-refractivity contribution in [1.82, 2.24) is 9.55 Å². The molecule has 0 saturated heterocycles. The molecule has 0 aliphatic rings. The quantitative estimate of drug-likeness (QED) is 0.909. The normalized spacial score (nSPS) is 12.6. The van der Waals surface area contributed by atoms with Gasteiger partial charge < -0.3 is 10.3 Å². The van der Waals surface area contributed by atoms with Crippen LogP contribution in [0.5, 0.6) is 0 Å². The van der Waals surface area contributed by atoms with Crippen molar-refractivity contribution in [2.45, 2.75) is 39.3 Å². The minimum Gasteiger partial charge on any atom is -0.335 e. The van der Waals surface area contributed by atoms with Gasteiger partial charge in [0.05, 0.1) is 0 Å². The van der Waals surface area contributed by atoms with Gasteiger partial charge in [0.2, 0.25) is 0 Å². The molecule has 0 amide bonds. The third kappa shape index (κ3) is 3.37. The van der Waals surface area contributed by atoms with Crippen molar-refractivity contribution in [3.63, 3.8) is 0 Å². The summed E-state index contributed by atoms with van der Waals surface area (Å²) in [6, 6.07) is 5.93. The maximum Gasteiger partial charge on any atom is 0.110 e. The third-order valence-corrected chi connectivity index (χ3v) is 3.70. The van der Waals surface area contributed by atoms with Crippen LogP contribution in [0.25, 0.3) is 0 Å². The Kier molecular flexibility index (Phi) is 4.61. The molecule has 0 spiro atoms. The zero-order valence-corrected chi connectivity index (χ0v) is 12.2. The van der Waals surface area contributed by atoms with E-state index in [0.717, 1.165) is 41.4 Å². The Morgan fingerprint density at radius 3 is 2.89 bits per heavy atom. The van der Waals surface area contributed by atoms with Crippen LogP contribution in [0.3, 0.4) is 0 Å². The molecule has 1 aromatic heterocycles. The van der Waals surface area contributed by atoms with Gasteiger partial charge in [-0.3, -0.25) is 0 Å². The van der Waals surface area contributed by atoms with Gasteiger partial charge in [-0.25, -0.2) is 4.98 Å². The van der Waals surface area contributed by atoms with Crippen LogP contribution < -0.4 is 5.73 Å². The SMILES string of the molecule is CCCn1ccnc1CC(N)c1ccc(C)c(Cl)c1. The lowest BCUT2D eigenvalue weighted by molar-refractivity contribution is 0.599. The number of benzene rings is 1. The van der Waals surface area contributed by atoms with Crippen LogP contribution in [0.1, 0.15) is 36.3 Å². The van der Waals surface area contributed by atoms with Gasteiger partial charge in [0, 0.05) is 36.4 Å². The Labute approximate surface area is 119 Å². The van der Waals surface area contributed by atoms with E-state index in [-0.39, 0.29) is 6.04 Å². The molecule has 0 saturated carbocycles. The van der Waals surface area contributed by atoms with E-state index in [1.165, 1.54) is 0 Å². The molecular weight excluding hydrogens is 258 g/mol. The number of rotatable bonds is 5. The van der Waals surface area contributed by atoms with E-state index in [0.29, 0.717) is 0 Å². The highest BCUT2D eigenvalue weighted by atomic mass is 35.5. The van der Waals surface area contributed by atoms with Crippen LogP contribution in [0, 0.1) is 6.92 Å². The highest BCUT2D eigenvalue weighted by molar-refractivity contribution is 6.31. The summed E-state index contributed by atoms with van der Waals surface area (Å²) in [6.07, 6.45) is 5.66. The first kappa shape index (κ1) is 14.1. The topological polar surface area (TPSA) is 43.8 Å². The molecule has 3 nitrogen and oxygen atoms in total. The fraction of sp³-hybridized carbons (Fsp3) is 0.400. The van der Waals surface area contributed by atoms with E-state index >= 15 is 0 Å². The summed E-state index contributed by atoms with van der Waals surface area (Å²) in [5.74, 6) is 1.03. The first-order chi connectivity index (χ1) is 9.11. The monoisotopic (exact) mass is 277 g/mol. The predicted octanol–water partition coefficient (Wildman–Crippen LogP) is 3.50. The van der Waals surface area contributed by atoms with Crippen molar-refractivity contribution in [2.24, 2.45) is 5.73 Å². The average molecular weight is 278 g/mol. The highest BCUT2D eigenvalue weighted by Gasteiger charge is 2.12. The zero-order valence-electron chi connectivity index (χ0n) is 11.4. The number of nitrogens with zero attached hydrogens (tertiary/aromatic N) is 2. The lowest BCUT2D eigenvalue weighted by Crippen LogP contribution is -2.16. The number of aromatic nitrogens is 2. The second kappa shape index (κ2) is 6.22. The van der Waals surface area contributed by atoms with E-state index in [1.807, 2.05) is 37.5 Å². The summed E-state index contributed by atoms with van der Waals surface area (Å²) in [6.45, 7) is 5.13. The minimum atomic E-state index is -0.0730. The first-order valence-electron chi connectivity index (χ1n) is 6.63. The van der Waals surface area contributed by atoms with Crippen LogP contribution in [-0.2, 0) is 13.0 Å². The van der Waals surface area contributed by atoms with Crippen LogP contribution in [0.15, 0.2) is 30.6 Å². The lowest BCUT2D eigenvalue weighted by Gasteiger charge is -2.14. The Morgan fingerprint density at radius 2 is 2.21 bits per heavy atom. The van der Waals surface area contributed by atoms with Crippen molar-refractivity contribution in [3.8, 4) is 0 Å². The molecule has 0 bridgehead atoms. The molecule has 1 unspecified atom stereocenters. The largest absolute Gasteiger partial charge is 0.335 e. The van der Waals surface area contributed by atoms with Crippen molar-refractivity contribution in [2.75, 3.05) is 0 Å². The molecule has 0 radical (unpaired) electrons. The van der Waals surface area contributed by atoms with Crippen LogP contribution in [0.2, 0.25) is 5.02 Å². The lowest BCUT2D eigenvalue weighted by atomic mass is 10.0. The zero-order chi connectivity index (χ0) is 13.8. The average Bonchev–Trinajstić information content (AvgIpc) is 2.80. The number of imidazole rings is 1. The molecule has 19 heavy (non-hydrogen) atoms. The maximum absolute atomic E-state index is 6.26. The van der Waals surface area contributed by atoms with E-state index in [4.69, 9.17) is 17.3 Å². The summed E-state index contributed by atoms with van der Waals surface area (Å²) in [5, 5.41) is 0.768. The molecule has 0 fully saturated rings. The minimum absolute atomic E-state index is 0.0730. The summed E-state index contributed by atoms with van der Waals surface area (Å²) in [4.78, 5) is 4.39. The molecule has 0 aliphatic carbocycles. The maximum atomic E-state index is 6.26. The van der Waals surface area contributed by atoms with Gasteiger partial charge in [0.15, 0.2) is 0 Å². The Balaban J connectivity index is 2.13. The molecule has 1 heterocycles. The number of hydrogen-bond acceptors (Lipinski definition) is 2. The number of halogens is 1. The fourth-order valence-corrected chi connectivity index (χ4v) is 2.32. The van der Waals surface area contributed by atoms with E-state index in [2.05, 4.69) is 16.5 Å². The summed E-state index contributed by atoms with van der Waals surface area (Å²) >= 11 is 6.14. The number of hydrogen-bond donors (Lipinski definition) is 1. The van der Waals surface area contributed by atoms with E-state index < -0.39 is 0 Å². The third-order valence-electron chi connectivity index (χ3n) is 3.29. The molecule has 2 rings (SSSR count). The summed E-state index contributed by atoms with van der Waals surface area (Å²) < 4.78 is 2.16. The predicted molar refractivity (Wildman–Crippen MR) is 79.3 cm³/mol. The number of aryl methyl sites for hydroxylation is 2. The second-order valence-electron chi connectivity index (χ2n) is 4.86. The molecule has 2 aromatic rings. The summed E-state index contributed by atoms with van der Waals surface area (Å²) in [5.41, 5.74) is 8.39. The van der Waals surface area contributed by atoms with Gasteiger partial charge in [-0.2, -0.15) is 0 Å². The van der Waals surface area contributed by atoms with Gasteiger partial charge in [-0.1, -0.05) is 30.7 Å². The fourth-order valence-electron chi connectivity index (χ4n) is 2.13. The van der Waals surface area contributed by atoms with Crippen molar-refractivity contribution in [1.29, 1.82) is 0 Å². The van der Waals surface area contributed by atoms with Gasteiger partial charge in [-0.05, 0) is 30.5 Å². The van der Waals surface area contributed by atoms with Gasteiger partial charge in [0.1, 0.15) is 5.82 Å². The smallest absolute Gasteiger partial charge is 0.110 e. The molecule has 0 aliphatic heterocycles. The van der Waals surface area contributed by atoms with Crippen molar-refractivity contribution >= 4 is 11.6 Å². The molecule has 1 atom stereocenters. The van der Waals surface area contributed by atoms with Crippen molar-refractivity contribution < 1.29 is 0 Å². The molecule has 2 N–H and O–H groups in total. The molecule has 1 aromatic carbocycles. The Bertz CT molecular complexity index is 548. The van der Waals surface area contributed by atoms with E-state index in [9.17, 15) is 0 Å². The van der Waals surface area contributed by atoms with Crippen LogP contribution in [0.4, 0.5) is 0 Å². The first-order valence-corrected chi connectivity index (χ1v) is 7.01. The van der Waals surface area contributed by atoms with Gasteiger partial charge >= 0.3 is 0 Å². The van der Waals surface area contributed by atoms with Crippen molar-refractivity contribution in [3.05, 3.63) is 52.6 Å². The number of nitrogens with two attached hydrogens (primary N) is 1. The molecule has 4 heteroatoms. The highest BCUT2D eigenvalue weighted by Crippen LogP contribution is 2.22. The standard InChI is InChI=1S/C15H20ClN3/c1-3-7-19-8-6-18-15(19)10-14(17)12-5-4-11(2)13(16)9-12/h4-6,8-9,14H,3,7,10,17H2,1-2H3. The summed E-state index contributed by atoms with van der Waals surface area (Å²) in [7, 11) is 0.